The minimum atomic E-state index is 0.269. The first-order chi connectivity index (χ1) is 13.1. The van der Waals surface area contributed by atoms with Gasteiger partial charge in [0.25, 0.3) is 0 Å². The first-order valence-corrected chi connectivity index (χ1v) is 12.1. The second-order valence-electron chi connectivity index (χ2n) is 10.9. The summed E-state index contributed by atoms with van der Waals surface area (Å²) in [6.07, 6.45) is 15.6. The predicted octanol–water partition coefficient (Wildman–Crippen LogP) is 6.01. The molecule has 148 valence electrons. The molecule has 4 saturated carbocycles. The molecule has 0 aromatic heterocycles. The van der Waals surface area contributed by atoms with Gasteiger partial charge >= 0.3 is 0 Å². The topological polar surface area (TPSA) is 33.1 Å². The average Bonchev–Trinajstić information content (AvgIpc) is 3.26. The third kappa shape index (κ3) is 1.99. The van der Waals surface area contributed by atoms with Gasteiger partial charge in [-0.15, -0.1) is 0 Å². The van der Waals surface area contributed by atoms with Gasteiger partial charge in [-0.2, -0.15) is 0 Å². The number of fused-ring (bicyclic) bond motifs is 9. The van der Waals surface area contributed by atoms with E-state index in [9.17, 15) is 0 Å². The predicted molar refractivity (Wildman–Crippen MR) is 109 cm³/mol. The molecule has 5 fully saturated rings. The van der Waals surface area contributed by atoms with Crippen molar-refractivity contribution in [2.24, 2.45) is 46.8 Å². The van der Waals surface area contributed by atoms with Gasteiger partial charge in [0.05, 0.1) is 5.60 Å². The van der Waals surface area contributed by atoms with Crippen molar-refractivity contribution >= 4 is 5.71 Å². The zero-order valence-electron chi connectivity index (χ0n) is 17.3. The highest BCUT2D eigenvalue weighted by Crippen LogP contribution is 2.79. The molecule has 6 unspecified atom stereocenters. The van der Waals surface area contributed by atoms with Crippen LogP contribution in [0.25, 0.3) is 0 Å². The molecule has 1 spiro atoms. The van der Waals surface area contributed by atoms with Gasteiger partial charge in [0, 0.05) is 17.7 Å². The molecule has 27 heavy (non-hydrogen) atoms. The van der Waals surface area contributed by atoms with Crippen LogP contribution in [0.5, 0.6) is 0 Å². The fraction of sp³-hybridized carbons (Fsp3) is 0.880. The lowest BCUT2D eigenvalue weighted by atomic mass is 9.45. The standard InChI is InChI=1S/C25H37NO/c1-3-15-12-16-13-17(26)6-7-18(16)19-8-10-24(4-2)23(22(15)19)20-14-21(20)25(24)9-5-11-27-25/h13,15,18-23,26H,3-12,14H2,1-2H3/t15?,18-,19?,20?,21?,22?,23?,24-,25-/m0/s1. The molecule has 0 bridgehead atoms. The second kappa shape index (κ2) is 5.71. The van der Waals surface area contributed by atoms with Crippen LogP contribution in [-0.4, -0.2) is 17.9 Å². The highest BCUT2D eigenvalue weighted by molar-refractivity contribution is 5.93. The van der Waals surface area contributed by atoms with Crippen LogP contribution < -0.4 is 0 Å². The lowest BCUT2D eigenvalue weighted by Gasteiger charge is -2.60. The number of allylic oxidation sites excluding steroid dienone is 2. The number of nitrogens with one attached hydrogen (secondary N) is 1. The molecule has 6 rings (SSSR count). The van der Waals surface area contributed by atoms with Crippen LogP contribution in [0.4, 0.5) is 0 Å². The molecule has 2 nitrogen and oxygen atoms in total. The summed E-state index contributed by atoms with van der Waals surface area (Å²) >= 11 is 0. The number of hydrogen-bond acceptors (Lipinski definition) is 2. The highest BCUT2D eigenvalue weighted by Gasteiger charge is 2.78. The molecule has 0 amide bonds. The summed E-state index contributed by atoms with van der Waals surface area (Å²) in [7, 11) is 0. The molecular formula is C25H37NO. The van der Waals surface area contributed by atoms with Gasteiger partial charge in [0.1, 0.15) is 0 Å². The first-order valence-electron chi connectivity index (χ1n) is 12.1. The van der Waals surface area contributed by atoms with E-state index in [1.807, 2.05) is 0 Å². The number of rotatable bonds is 2. The van der Waals surface area contributed by atoms with E-state index in [0.717, 1.165) is 60.2 Å². The number of ether oxygens (including phenoxy) is 1. The maximum Gasteiger partial charge on any atom is 0.0772 e. The van der Waals surface area contributed by atoms with Crippen LogP contribution in [0.2, 0.25) is 0 Å². The van der Waals surface area contributed by atoms with Gasteiger partial charge in [0.15, 0.2) is 0 Å². The third-order valence-corrected chi connectivity index (χ3v) is 10.5. The molecule has 9 atom stereocenters. The summed E-state index contributed by atoms with van der Waals surface area (Å²) < 4.78 is 6.75. The SMILES string of the molecule is CCC1CC2=CC(=N)CC[C@@H]2C2CC[C@@]3(CC)C(C4CC4[C@@]34CCCO4)C12. The average molecular weight is 368 g/mol. The smallest absolute Gasteiger partial charge is 0.0772 e. The Hall–Kier alpha value is -0.630. The Bertz CT molecular complexity index is 688. The Morgan fingerprint density at radius 1 is 1.19 bits per heavy atom. The molecule has 0 aromatic rings. The van der Waals surface area contributed by atoms with E-state index in [4.69, 9.17) is 10.1 Å². The van der Waals surface area contributed by atoms with Gasteiger partial charge in [-0.25, -0.2) is 0 Å². The summed E-state index contributed by atoms with van der Waals surface area (Å²) in [5.41, 5.74) is 3.33. The summed E-state index contributed by atoms with van der Waals surface area (Å²) in [6, 6.07) is 0. The van der Waals surface area contributed by atoms with E-state index in [1.54, 1.807) is 5.57 Å². The Balaban J connectivity index is 1.43. The second-order valence-corrected chi connectivity index (χ2v) is 10.9. The monoisotopic (exact) mass is 367 g/mol. The minimum Gasteiger partial charge on any atom is -0.374 e. The van der Waals surface area contributed by atoms with Crippen LogP contribution >= 0.6 is 0 Å². The molecule has 1 saturated heterocycles. The molecule has 1 heterocycles. The zero-order chi connectivity index (χ0) is 18.4. The molecule has 2 heteroatoms. The van der Waals surface area contributed by atoms with Gasteiger partial charge in [-0.1, -0.05) is 25.8 Å². The Morgan fingerprint density at radius 3 is 2.81 bits per heavy atom. The zero-order valence-corrected chi connectivity index (χ0v) is 17.3. The third-order valence-electron chi connectivity index (χ3n) is 10.5. The Kier molecular flexibility index (Phi) is 3.65. The fourth-order valence-electron chi connectivity index (χ4n) is 9.75. The van der Waals surface area contributed by atoms with Crippen LogP contribution in [0, 0.1) is 52.2 Å². The van der Waals surface area contributed by atoms with Gasteiger partial charge in [-0.3, -0.25) is 0 Å². The lowest BCUT2D eigenvalue weighted by Crippen LogP contribution is -2.57. The van der Waals surface area contributed by atoms with Crippen molar-refractivity contribution in [2.45, 2.75) is 83.7 Å². The molecule has 6 aliphatic rings. The van der Waals surface area contributed by atoms with Gasteiger partial charge in [-0.05, 0) is 105 Å². The van der Waals surface area contributed by atoms with Crippen molar-refractivity contribution in [3.8, 4) is 0 Å². The summed E-state index contributed by atoms with van der Waals surface area (Å²) in [6.45, 7) is 5.97. The van der Waals surface area contributed by atoms with Gasteiger partial charge < -0.3 is 10.1 Å². The first kappa shape index (κ1) is 17.2. The maximum atomic E-state index is 8.20. The minimum absolute atomic E-state index is 0.269. The van der Waals surface area contributed by atoms with E-state index in [2.05, 4.69) is 19.9 Å². The molecular weight excluding hydrogens is 330 g/mol. The van der Waals surface area contributed by atoms with E-state index in [1.165, 1.54) is 57.8 Å². The van der Waals surface area contributed by atoms with Crippen LogP contribution in [0.1, 0.15) is 78.1 Å². The summed E-state index contributed by atoms with van der Waals surface area (Å²) in [4.78, 5) is 0. The molecule has 0 radical (unpaired) electrons. The van der Waals surface area contributed by atoms with Crippen molar-refractivity contribution in [1.29, 1.82) is 5.41 Å². The van der Waals surface area contributed by atoms with E-state index in [-0.39, 0.29) is 5.60 Å². The van der Waals surface area contributed by atoms with Crippen molar-refractivity contribution in [1.82, 2.24) is 0 Å². The normalized spacial score (nSPS) is 55.6. The summed E-state index contributed by atoms with van der Waals surface area (Å²) in [5.74, 6) is 6.34. The number of hydrogen-bond donors (Lipinski definition) is 1. The van der Waals surface area contributed by atoms with Crippen molar-refractivity contribution in [2.75, 3.05) is 6.61 Å². The summed E-state index contributed by atoms with van der Waals surface area (Å²) in [5, 5.41) is 8.20. The molecule has 0 aromatic carbocycles. The van der Waals surface area contributed by atoms with Crippen LogP contribution in [0.15, 0.2) is 11.6 Å². The van der Waals surface area contributed by atoms with Crippen molar-refractivity contribution in [3.63, 3.8) is 0 Å². The molecule has 1 aliphatic heterocycles. The van der Waals surface area contributed by atoms with Crippen LogP contribution in [0.3, 0.4) is 0 Å². The largest absolute Gasteiger partial charge is 0.374 e. The Labute approximate surface area is 165 Å². The molecule has 1 N–H and O–H groups in total. The fourth-order valence-corrected chi connectivity index (χ4v) is 9.75. The quantitative estimate of drug-likeness (QED) is 0.637. The van der Waals surface area contributed by atoms with E-state index in [0.29, 0.717) is 5.41 Å². The van der Waals surface area contributed by atoms with Crippen LogP contribution in [-0.2, 0) is 4.74 Å². The highest BCUT2D eigenvalue weighted by atomic mass is 16.5. The maximum absolute atomic E-state index is 8.20. The van der Waals surface area contributed by atoms with E-state index >= 15 is 0 Å². The Morgan fingerprint density at radius 2 is 2.07 bits per heavy atom. The lowest BCUT2D eigenvalue weighted by molar-refractivity contribution is -0.166. The molecule has 5 aliphatic carbocycles. The van der Waals surface area contributed by atoms with Crippen molar-refractivity contribution in [3.05, 3.63) is 11.6 Å². The van der Waals surface area contributed by atoms with Gasteiger partial charge in [0.2, 0.25) is 0 Å². The van der Waals surface area contributed by atoms with Crippen molar-refractivity contribution < 1.29 is 4.74 Å². The van der Waals surface area contributed by atoms with E-state index < -0.39 is 0 Å².